The van der Waals surface area contributed by atoms with Crippen LogP contribution in [0.1, 0.15) is 12.8 Å². The standard InChI is InChI=1S/C12H14N2O2S/c13-14(11-7-3-1-4-8-11)17(15,16)12-9-5-2-6-10-12/h1-3,5-7,9-10H,4,8,13H2. The van der Waals surface area contributed by atoms with Crippen molar-refractivity contribution in [1.82, 2.24) is 4.41 Å². The van der Waals surface area contributed by atoms with E-state index in [4.69, 9.17) is 5.84 Å². The summed E-state index contributed by atoms with van der Waals surface area (Å²) in [5.41, 5.74) is 0.608. The molecular formula is C12H14N2O2S. The highest BCUT2D eigenvalue weighted by molar-refractivity contribution is 7.89. The predicted molar refractivity (Wildman–Crippen MR) is 66.1 cm³/mol. The van der Waals surface area contributed by atoms with Crippen LogP contribution in [0, 0.1) is 0 Å². The molecule has 0 fully saturated rings. The van der Waals surface area contributed by atoms with E-state index in [0.29, 0.717) is 12.1 Å². The van der Waals surface area contributed by atoms with Crippen molar-refractivity contribution in [3.8, 4) is 0 Å². The minimum Gasteiger partial charge on any atom is -0.233 e. The van der Waals surface area contributed by atoms with Crippen molar-refractivity contribution in [1.29, 1.82) is 0 Å². The molecule has 0 spiro atoms. The Morgan fingerprint density at radius 3 is 2.47 bits per heavy atom. The molecule has 2 N–H and O–H groups in total. The van der Waals surface area contributed by atoms with Gasteiger partial charge in [-0.15, -0.1) is 0 Å². The topological polar surface area (TPSA) is 63.4 Å². The summed E-state index contributed by atoms with van der Waals surface area (Å²) in [6, 6.07) is 8.19. The lowest BCUT2D eigenvalue weighted by atomic mass is 10.1. The zero-order valence-electron chi connectivity index (χ0n) is 9.28. The van der Waals surface area contributed by atoms with Crippen LogP contribution in [0.25, 0.3) is 0 Å². The van der Waals surface area contributed by atoms with E-state index in [1.54, 1.807) is 24.3 Å². The van der Waals surface area contributed by atoms with E-state index in [1.165, 1.54) is 12.1 Å². The van der Waals surface area contributed by atoms with Crippen LogP contribution in [0.4, 0.5) is 0 Å². The molecule has 1 aliphatic carbocycles. The van der Waals surface area contributed by atoms with Gasteiger partial charge in [-0.1, -0.05) is 30.4 Å². The molecule has 2 rings (SSSR count). The molecule has 0 aromatic heterocycles. The van der Waals surface area contributed by atoms with Gasteiger partial charge in [-0.25, -0.2) is 10.3 Å². The quantitative estimate of drug-likeness (QED) is 0.657. The molecule has 1 aliphatic rings. The number of rotatable bonds is 3. The van der Waals surface area contributed by atoms with Gasteiger partial charge in [-0.3, -0.25) is 0 Å². The molecular weight excluding hydrogens is 236 g/mol. The Kier molecular flexibility index (Phi) is 3.31. The Bertz CT molecular complexity index is 547. The van der Waals surface area contributed by atoms with Crippen LogP contribution < -0.4 is 5.84 Å². The van der Waals surface area contributed by atoms with Gasteiger partial charge in [0, 0.05) is 5.70 Å². The molecule has 0 aliphatic heterocycles. The second-order valence-corrected chi connectivity index (χ2v) is 5.55. The normalized spacial score (nSPS) is 15.5. The van der Waals surface area contributed by atoms with Crippen LogP contribution in [-0.2, 0) is 10.0 Å². The number of hydrazine groups is 1. The highest BCUT2D eigenvalue weighted by Crippen LogP contribution is 2.21. The largest absolute Gasteiger partial charge is 0.277 e. The number of hydrogen-bond acceptors (Lipinski definition) is 3. The molecule has 4 nitrogen and oxygen atoms in total. The first-order valence-electron chi connectivity index (χ1n) is 5.33. The van der Waals surface area contributed by atoms with E-state index in [9.17, 15) is 8.42 Å². The summed E-state index contributed by atoms with van der Waals surface area (Å²) in [7, 11) is -3.63. The SMILES string of the molecule is NN(C1=CC=CCC1)S(=O)(=O)c1ccccc1. The zero-order valence-corrected chi connectivity index (χ0v) is 10.1. The highest BCUT2D eigenvalue weighted by Gasteiger charge is 2.23. The van der Waals surface area contributed by atoms with Gasteiger partial charge < -0.3 is 0 Å². The van der Waals surface area contributed by atoms with Gasteiger partial charge in [0.2, 0.25) is 0 Å². The van der Waals surface area contributed by atoms with E-state index < -0.39 is 10.0 Å². The van der Waals surface area contributed by atoms with E-state index in [1.807, 2.05) is 12.2 Å². The Hall–Kier alpha value is -1.59. The molecule has 5 heteroatoms. The molecule has 0 atom stereocenters. The van der Waals surface area contributed by atoms with Crippen molar-refractivity contribution in [3.63, 3.8) is 0 Å². The average Bonchev–Trinajstić information content (AvgIpc) is 2.40. The second-order valence-electron chi connectivity index (χ2n) is 3.74. The first kappa shape index (κ1) is 11.9. The van der Waals surface area contributed by atoms with Crippen molar-refractivity contribution >= 4 is 10.0 Å². The van der Waals surface area contributed by atoms with Crippen LogP contribution in [0.15, 0.2) is 59.2 Å². The number of benzene rings is 1. The molecule has 0 amide bonds. The maximum Gasteiger partial charge on any atom is 0.277 e. The highest BCUT2D eigenvalue weighted by atomic mass is 32.2. The molecule has 0 unspecified atom stereocenters. The van der Waals surface area contributed by atoms with Crippen LogP contribution in [0.2, 0.25) is 0 Å². The molecule has 0 radical (unpaired) electrons. The lowest BCUT2D eigenvalue weighted by Gasteiger charge is -2.22. The Labute approximate surface area is 101 Å². The third-order valence-electron chi connectivity index (χ3n) is 2.57. The minimum atomic E-state index is -3.63. The van der Waals surface area contributed by atoms with E-state index in [0.717, 1.165) is 10.8 Å². The number of nitrogens with zero attached hydrogens (tertiary/aromatic N) is 1. The van der Waals surface area contributed by atoms with Crippen LogP contribution in [0.3, 0.4) is 0 Å². The first-order chi connectivity index (χ1) is 8.12. The smallest absolute Gasteiger partial charge is 0.233 e. The van der Waals surface area contributed by atoms with Crippen molar-refractivity contribution in [2.45, 2.75) is 17.7 Å². The van der Waals surface area contributed by atoms with E-state index in [-0.39, 0.29) is 4.90 Å². The number of nitrogens with two attached hydrogens (primary N) is 1. The average molecular weight is 250 g/mol. The fourth-order valence-corrected chi connectivity index (χ4v) is 2.82. The molecule has 1 aromatic carbocycles. The third-order valence-corrected chi connectivity index (χ3v) is 4.20. The minimum absolute atomic E-state index is 0.206. The lowest BCUT2D eigenvalue weighted by molar-refractivity contribution is 0.477. The monoisotopic (exact) mass is 250 g/mol. The second kappa shape index (κ2) is 4.73. The van der Waals surface area contributed by atoms with Gasteiger partial charge in [-0.05, 0) is 31.1 Å². The van der Waals surface area contributed by atoms with Crippen LogP contribution in [0.5, 0.6) is 0 Å². The summed E-state index contributed by atoms with van der Waals surface area (Å²) in [5.74, 6) is 5.70. The summed E-state index contributed by atoms with van der Waals surface area (Å²) in [6.45, 7) is 0. The number of allylic oxidation sites excluding steroid dienone is 4. The fourth-order valence-electron chi connectivity index (χ4n) is 1.63. The molecule has 90 valence electrons. The first-order valence-corrected chi connectivity index (χ1v) is 6.77. The van der Waals surface area contributed by atoms with E-state index >= 15 is 0 Å². The van der Waals surface area contributed by atoms with Crippen LogP contribution in [-0.4, -0.2) is 12.8 Å². The van der Waals surface area contributed by atoms with Gasteiger partial charge in [0.25, 0.3) is 10.0 Å². The lowest BCUT2D eigenvalue weighted by Crippen LogP contribution is -2.36. The zero-order chi connectivity index (χ0) is 12.3. The maximum atomic E-state index is 12.2. The van der Waals surface area contributed by atoms with Crippen molar-refractivity contribution < 1.29 is 8.42 Å². The summed E-state index contributed by atoms with van der Waals surface area (Å²) in [4.78, 5) is 0.206. The summed E-state index contributed by atoms with van der Waals surface area (Å²) < 4.78 is 25.2. The van der Waals surface area contributed by atoms with Crippen LogP contribution >= 0.6 is 0 Å². The van der Waals surface area contributed by atoms with Crippen molar-refractivity contribution in [2.24, 2.45) is 5.84 Å². The molecule has 0 heterocycles. The van der Waals surface area contributed by atoms with E-state index in [2.05, 4.69) is 0 Å². The molecule has 17 heavy (non-hydrogen) atoms. The number of hydrogen-bond donors (Lipinski definition) is 1. The summed E-state index contributed by atoms with van der Waals surface area (Å²) in [5, 5.41) is 0. The van der Waals surface area contributed by atoms with Crippen molar-refractivity contribution in [3.05, 3.63) is 54.3 Å². The van der Waals surface area contributed by atoms with Crippen molar-refractivity contribution in [2.75, 3.05) is 0 Å². The molecule has 1 aromatic rings. The predicted octanol–water partition coefficient (Wildman–Crippen LogP) is 1.78. The Balaban J connectivity index is 2.33. The third kappa shape index (κ3) is 2.40. The maximum absolute atomic E-state index is 12.2. The Morgan fingerprint density at radius 1 is 1.18 bits per heavy atom. The Morgan fingerprint density at radius 2 is 1.88 bits per heavy atom. The summed E-state index contributed by atoms with van der Waals surface area (Å²) in [6.07, 6.45) is 6.97. The fraction of sp³-hybridized carbons (Fsp3) is 0.167. The van der Waals surface area contributed by atoms with Gasteiger partial charge in [0.1, 0.15) is 0 Å². The van der Waals surface area contributed by atoms with Gasteiger partial charge in [0.15, 0.2) is 0 Å². The number of sulfonamides is 1. The molecule has 0 bridgehead atoms. The van der Waals surface area contributed by atoms with Gasteiger partial charge in [0.05, 0.1) is 4.90 Å². The molecule has 0 saturated heterocycles. The summed E-state index contributed by atoms with van der Waals surface area (Å²) >= 11 is 0. The van der Waals surface area contributed by atoms with Gasteiger partial charge in [-0.2, -0.15) is 8.42 Å². The van der Waals surface area contributed by atoms with Gasteiger partial charge >= 0.3 is 0 Å². The molecule has 0 saturated carbocycles.